The van der Waals surface area contributed by atoms with Gasteiger partial charge in [-0.2, -0.15) is 0 Å². The standard InChI is InChI=1S/C12H10ClNO2/c1-8-3-2-4-9(5-8)6-10-11(7-13)14-16-12(10)15/h2-6H,7H2,1H3/b10-6+. The smallest absolute Gasteiger partial charge is 0.312 e. The Kier molecular flexibility index (Phi) is 3.06. The molecule has 0 spiro atoms. The van der Waals surface area contributed by atoms with E-state index in [0.717, 1.165) is 11.1 Å². The third-order valence-electron chi connectivity index (χ3n) is 2.25. The molecule has 2 rings (SSSR count). The zero-order valence-corrected chi connectivity index (χ0v) is 9.49. The maximum absolute atomic E-state index is 11.4. The number of carbonyl (C=O) groups excluding carboxylic acids is 1. The van der Waals surface area contributed by atoms with E-state index in [0.29, 0.717) is 11.3 Å². The van der Waals surface area contributed by atoms with Crippen LogP contribution in [0.15, 0.2) is 35.0 Å². The van der Waals surface area contributed by atoms with E-state index in [9.17, 15) is 4.79 Å². The van der Waals surface area contributed by atoms with Crippen molar-refractivity contribution in [1.82, 2.24) is 0 Å². The predicted molar refractivity (Wildman–Crippen MR) is 63.4 cm³/mol. The molecule has 1 aromatic rings. The monoisotopic (exact) mass is 235 g/mol. The normalized spacial score (nSPS) is 17.5. The summed E-state index contributed by atoms with van der Waals surface area (Å²) in [5.74, 6) is -0.277. The lowest BCUT2D eigenvalue weighted by atomic mass is 10.1. The van der Waals surface area contributed by atoms with Crippen molar-refractivity contribution >= 4 is 29.4 Å². The number of hydrogen-bond acceptors (Lipinski definition) is 3. The number of carbonyl (C=O) groups is 1. The Morgan fingerprint density at radius 2 is 2.31 bits per heavy atom. The lowest BCUT2D eigenvalue weighted by Gasteiger charge is -1.98. The molecule has 0 atom stereocenters. The quantitative estimate of drug-likeness (QED) is 0.449. The fourth-order valence-corrected chi connectivity index (χ4v) is 1.67. The van der Waals surface area contributed by atoms with Gasteiger partial charge < -0.3 is 4.84 Å². The maximum Gasteiger partial charge on any atom is 0.367 e. The molecule has 0 amide bonds. The summed E-state index contributed by atoms with van der Waals surface area (Å²) in [7, 11) is 0. The van der Waals surface area contributed by atoms with E-state index in [1.807, 2.05) is 31.2 Å². The molecular weight excluding hydrogens is 226 g/mol. The molecule has 1 aliphatic rings. The van der Waals surface area contributed by atoms with Crippen molar-refractivity contribution in [3.8, 4) is 0 Å². The first-order valence-electron chi connectivity index (χ1n) is 4.83. The topological polar surface area (TPSA) is 38.7 Å². The van der Waals surface area contributed by atoms with Crippen molar-refractivity contribution in [1.29, 1.82) is 0 Å². The van der Waals surface area contributed by atoms with Crippen LogP contribution in [0, 0.1) is 6.92 Å². The van der Waals surface area contributed by atoms with E-state index in [1.165, 1.54) is 0 Å². The highest BCUT2D eigenvalue weighted by atomic mass is 35.5. The van der Waals surface area contributed by atoms with Crippen LogP contribution >= 0.6 is 11.6 Å². The third-order valence-corrected chi connectivity index (χ3v) is 2.50. The summed E-state index contributed by atoms with van der Waals surface area (Å²) >= 11 is 5.66. The second-order valence-electron chi connectivity index (χ2n) is 3.52. The average Bonchev–Trinajstić information content (AvgIpc) is 2.60. The number of benzene rings is 1. The third kappa shape index (κ3) is 2.14. The summed E-state index contributed by atoms with van der Waals surface area (Å²) in [6, 6.07) is 7.81. The van der Waals surface area contributed by atoms with Crippen molar-refractivity contribution in [3.63, 3.8) is 0 Å². The van der Waals surface area contributed by atoms with Gasteiger partial charge >= 0.3 is 5.97 Å². The van der Waals surface area contributed by atoms with E-state index < -0.39 is 5.97 Å². The van der Waals surface area contributed by atoms with Crippen molar-refractivity contribution in [2.24, 2.45) is 5.16 Å². The van der Waals surface area contributed by atoms with E-state index in [4.69, 9.17) is 11.6 Å². The van der Waals surface area contributed by atoms with Crippen LogP contribution in [0.3, 0.4) is 0 Å². The fourth-order valence-electron chi connectivity index (χ4n) is 1.48. The molecule has 3 nitrogen and oxygen atoms in total. The molecule has 1 aliphatic heterocycles. The molecule has 0 saturated carbocycles. The van der Waals surface area contributed by atoms with Crippen LogP contribution < -0.4 is 0 Å². The number of alkyl halides is 1. The molecule has 0 radical (unpaired) electrons. The van der Waals surface area contributed by atoms with Gasteiger partial charge in [-0.3, -0.25) is 0 Å². The van der Waals surface area contributed by atoms with Crippen LogP contribution in [0.1, 0.15) is 11.1 Å². The van der Waals surface area contributed by atoms with E-state index >= 15 is 0 Å². The molecule has 0 bridgehead atoms. The minimum absolute atomic E-state index is 0.170. The zero-order valence-electron chi connectivity index (χ0n) is 8.74. The Morgan fingerprint density at radius 3 is 3.00 bits per heavy atom. The van der Waals surface area contributed by atoms with Gasteiger partial charge in [-0.15, -0.1) is 11.6 Å². The summed E-state index contributed by atoms with van der Waals surface area (Å²) in [6.45, 7) is 1.99. The molecule has 16 heavy (non-hydrogen) atoms. The average molecular weight is 236 g/mol. The number of rotatable bonds is 2. The number of nitrogens with zero attached hydrogens (tertiary/aromatic N) is 1. The summed E-state index contributed by atoms with van der Waals surface area (Å²) in [5, 5.41) is 3.60. The predicted octanol–water partition coefficient (Wildman–Crippen LogP) is 2.53. The summed E-state index contributed by atoms with van der Waals surface area (Å²) < 4.78 is 0. The summed E-state index contributed by atoms with van der Waals surface area (Å²) in [6.07, 6.45) is 1.74. The highest BCUT2D eigenvalue weighted by Gasteiger charge is 2.24. The van der Waals surface area contributed by atoms with Crippen molar-refractivity contribution in [2.45, 2.75) is 6.92 Å². The van der Waals surface area contributed by atoms with Crippen LogP contribution in [0.2, 0.25) is 0 Å². The van der Waals surface area contributed by atoms with Gasteiger partial charge in [0.2, 0.25) is 0 Å². The van der Waals surface area contributed by atoms with Gasteiger partial charge in [-0.1, -0.05) is 35.0 Å². The Hall–Kier alpha value is -1.61. The lowest BCUT2D eigenvalue weighted by molar-refractivity contribution is -0.136. The molecule has 0 aromatic heterocycles. The van der Waals surface area contributed by atoms with Gasteiger partial charge in [-0.05, 0) is 18.6 Å². The number of oxime groups is 1. The summed E-state index contributed by atoms with van der Waals surface area (Å²) in [4.78, 5) is 15.9. The Labute approximate surface area is 98.4 Å². The second kappa shape index (κ2) is 4.49. The Bertz CT molecular complexity index is 492. The minimum Gasteiger partial charge on any atom is -0.312 e. The van der Waals surface area contributed by atoms with E-state index in [1.54, 1.807) is 6.08 Å². The molecule has 4 heteroatoms. The van der Waals surface area contributed by atoms with Gasteiger partial charge in [-0.25, -0.2) is 4.79 Å². The Balaban J connectivity index is 2.37. The van der Waals surface area contributed by atoms with Crippen molar-refractivity contribution < 1.29 is 9.63 Å². The van der Waals surface area contributed by atoms with Crippen LogP contribution in [0.25, 0.3) is 6.08 Å². The van der Waals surface area contributed by atoms with Crippen LogP contribution in [0.5, 0.6) is 0 Å². The van der Waals surface area contributed by atoms with Crippen molar-refractivity contribution in [2.75, 3.05) is 5.88 Å². The van der Waals surface area contributed by atoms with Gasteiger partial charge in [0.25, 0.3) is 0 Å². The highest BCUT2D eigenvalue weighted by Crippen LogP contribution is 2.17. The van der Waals surface area contributed by atoms with E-state index in [-0.39, 0.29) is 5.88 Å². The van der Waals surface area contributed by atoms with Gasteiger partial charge in [0.05, 0.1) is 11.5 Å². The largest absolute Gasteiger partial charge is 0.367 e. The lowest BCUT2D eigenvalue weighted by Crippen LogP contribution is -2.06. The fraction of sp³-hybridized carbons (Fsp3) is 0.167. The minimum atomic E-state index is -0.447. The number of aryl methyl sites for hydroxylation is 1. The number of hydrogen-bond donors (Lipinski definition) is 0. The first kappa shape index (κ1) is 10.9. The first-order chi connectivity index (χ1) is 7.70. The molecule has 0 unspecified atom stereocenters. The van der Waals surface area contributed by atoms with Crippen LogP contribution in [0.4, 0.5) is 0 Å². The second-order valence-corrected chi connectivity index (χ2v) is 3.79. The van der Waals surface area contributed by atoms with Crippen LogP contribution in [-0.4, -0.2) is 17.6 Å². The van der Waals surface area contributed by atoms with Gasteiger partial charge in [0, 0.05) is 0 Å². The molecule has 1 heterocycles. The zero-order chi connectivity index (χ0) is 11.5. The van der Waals surface area contributed by atoms with Gasteiger partial charge in [0.15, 0.2) is 0 Å². The highest BCUT2D eigenvalue weighted by molar-refractivity contribution is 6.38. The van der Waals surface area contributed by atoms with Crippen LogP contribution in [-0.2, 0) is 9.63 Å². The summed E-state index contributed by atoms with van der Waals surface area (Å²) in [5.41, 5.74) is 2.98. The molecule has 0 saturated heterocycles. The molecular formula is C12H10ClNO2. The molecule has 0 fully saturated rings. The Morgan fingerprint density at radius 1 is 1.50 bits per heavy atom. The van der Waals surface area contributed by atoms with E-state index in [2.05, 4.69) is 9.99 Å². The van der Waals surface area contributed by atoms with Gasteiger partial charge in [0.1, 0.15) is 5.71 Å². The molecule has 82 valence electrons. The first-order valence-corrected chi connectivity index (χ1v) is 5.37. The molecule has 1 aromatic carbocycles. The number of halogens is 1. The molecule has 0 N–H and O–H groups in total. The maximum atomic E-state index is 11.4. The molecule has 0 aliphatic carbocycles. The van der Waals surface area contributed by atoms with Crippen molar-refractivity contribution in [3.05, 3.63) is 41.0 Å². The SMILES string of the molecule is Cc1cccc(/C=C2/C(=O)ON=C2CCl)c1.